The fraction of sp³-hybridized carbons (Fsp3) is 0.417. The van der Waals surface area contributed by atoms with Gasteiger partial charge in [-0.1, -0.05) is 17.7 Å². The molecule has 0 spiro atoms. The van der Waals surface area contributed by atoms with Crippen LogP contribution >= 0.6 is 11.6 Å². The molecule has 98 valence electrons. The van der Waals surface area contributed by atoms with Crippen molar-refractivity contribution in [2.24, 2.45) is 5.73 Å². The fourth-order valence-electron chi connectivity index (χ4n) is 1.41. The lowest BCUT2D eigenvalue weighted by Crippen LogP contribution is -2.20. The third-order valence-electron chi connectivity index (χ3n) is 2.44. The van der Waals surface area contributed by atoms with Gasteiger partial charge in [-0.3, -0.25) is 0 Å². The SMILES string of the molecule is CC(N)CCS(=O)(=O)Cc1ccc(C#N)cc1Cl. The maximum absolute atomic E-state index is 11.8. The van der Waals surface area contributed by atoms with E-state index in [1.807, 2.05) is 6.07 Å². The summed E-state index contributed by atoms with van der Waals surface area (Å²) in [6.45, 7) is 1.77. The molecule has 18 heavy (non-hydrogen) atoms. The summed E-state index contributed by atoms with van der Waals surface area (Å²) in [5.74, 6) is -0.0781. The van der Waals surface area contributed by atoms with E-state index in [1.54, 1.807) is 19.1 Å². The first-order valence-corrected chi connectivity index (χ1v) is 7.68. The number of hydrogen-bond acceptors (Lipinski definition) is 4. The lowest BCUT2D eigenvalue weighted by Gasteiger charge is -2.08. The number of nitrogens with two attached hydrogens (primary N) is 1. The number of sulfone groups is 1. The predicted octanol–water partition coefficient (Wildman–Crippen LogP) is 1.86. The molecule has 0 amide bonds. The summed E-state index contributed by atoms with van der Waals surface area (Å²) in [6, 6.07) is 6.41. The quantitative estimate of drug-likeness (QED) is 0.895. The fourth-order valence-corrected chi connectivity index (χ4v) is 3.34. The van der Waals surface area contributed by atoms with Gasteiger partial charge in [-0.2, -0.15) is 5.26 Å². The smallest absolute Gasteiger partial charge is 0.154 e. The summed E-state index contributed by atoms with van der Waals surface area (Å²) in [4.78, 5) is 0. The third-order valence-corrected chi connectivity index (χ3v) is 4.40. The van der Waals surface area contributed by atoms with Gasteiger partial charge in [0.2, 0.25) is 0 Å². The van der Waals surface area contributed by atoms with Gasteiger partial charge in [0.1, 0.15) is 0 Å². The topological polar surface area (TPSA) is 84.0 Å². The summed E-state index contributed by atoms with van der Waals surface area (Å²) < 4.78 is 23.7. The van der Waals surface area contributed by atoms with E-state index in [0.717, 1.165) is 0 Å². The van der Waals surface area contributed by atoms with Crippen LogP contribution in [0.1, 0.15) is 24.5 Å². The van der Waals surface area contributed by atoms with Crippen LogP contribution in [0.2, 0.25) is 5.02 Å². The Morgan fingerprint density at radius 1 is 1.50 bits per heavy atom. The first-order valence-electron chi connectivity index (χ1n) is 5.48. The lowest BCUT2D eigenvalue weighted by atomic mass is 10.2. The molecule has 0 aliphatic heterocycles. The van der Waals surface area contributed by atoms with Gasteiger partial charge in [-0.15, -0.1) is 0 Å². The van der Waals surface area contributed by atoms with E-state index in [9.17, 15) is 8.42 Å². The van der Waals surface area contributed by atoms with Crippen LogP contribution in [-0.4, -0.2) is 20.2 Å². The van der Waals surface area contributed by atoms with Crippen molar-refractivity contribution >= 4 is 21.4 Å². The average molecular weight is 287 g/mol. The summed E-state index contributed by atoms with van der Waals surface area (Å²) in [6.07, 6.45) is 0.427. The Hall–Kier alpha value is -1.09. The van der Waals surface area contributed by atoms with Gasteiger partial charge >= 0.3 is 0 Å². The largest absolute Gasteiger partial charge is 0.328 e. The zero-order valence-electron chi connectivity index (χ0n) is 10.1. The molecule has 6 heteroatoms. The first-order chi connectivity index (χ1) is 8.34. The Balaban J connectivity index is 2.82. The molecule has 0 fully saturated rings. The number of hydrogen-bond donors (Lipinski definition) is 1. The van der Waals surface area contributed by atoms with E-state index >= 15 is 0 Å². The third kappa shape index (κ3) is 4.65. The van der Waals surface area contributed by atoms with Gasteiger partial charge in [0, 0.05) is 11.1 Å². The Morgan fingerprint density at radius 2 is 2.17 bits per heavy atom. The van der Waals surface area contributed by atoms with E-state index < -0.39 is 9.84 Å². The molecule has 0 radical (unpaired) electrons. The molecule has 1 unspecified atom stereocenters. The van der Waals surface area contributed by atoms with Crippen molar-refractivity contribution in [2.75, 3.05) is 5.75 Å². The molecule has 4 nitrogen and oxygen atoms in total. The van der Waals surface area contributed by atoms with Gasteiger partial charge in [-0.25, -0.2) is 8.42 Å². The van der Waals surface area contributed by atoms with Gasteiger partial charge in [0.05, 0.1) is 23.1 Å². The van der Waals surface area contributed by atoms with Crippen LogP contribution < -0.4 is 5.73 Å². The number of nitrogens with zero attached hydrogens (tertiary/aromatic N) is 1. The second-order valence-corrected chi connectivity index (χ2v) is 6.87. The molecule has 0 bridgehead atoms. The van der Waals surface area contributed by atoms with Gasteiger partial charge in [-0.05, 0) is 31.0 Å². The summed E-state index contributed by atoms with van der Waals surface area (Å²) in [5, 5.41) is 8.99. The lowest BCUT2D eigenvalue weighted by molar-refractivity contribution is 0.586. The Kier molecular flexibility index (Phi) is 5.15. The standard InChI is InChI=1S/C12H15ClN2O2S/c1-9(15)4-5-18(16,17)8-11-3-2-10(7-14)6-12(11)13/h2-3,6,9H,4-5,8,15H2,1H3. The number of benzene rings is 1. The first kappa shape index (κ1) is 15.0. The maximum atomic E-state index is 11.8. The molecule has 1 aromatic carbocycles. The molecule has 1 rings (SSSR count). The highest BCUT2D eigenvalue weighted by molar-refractivity contribution is 7.90. The molecule has 2 N–H and O–H groups in total. The molecular weight excluding hydrogens is 272 g/mol. The van der Waals surface area contributed by atoms with Crippen LogP contribution in [-0.2, 0) is 15.6 Å². The second kappa shape index (κ2) is 6.19. The Bertz CT molecular complexity index is 562. The average Bonchev–Trinajstić information content (AvgIpc) is 2.29. The van der Waals surface area contributed by atoms with E-state index in [2.05, 4.69) is 0 Å². The van der Waals surface area contributed by atoms with Gasteiger partial charge in [0.25, 0.3) is 0 Å². The van der Waals surface area contributed by atoms with Crippen LogP contribution in [0.25, 0.3) is 0 Å². The maximum Gasteiger partial charge on any atom is 0.154 e. The normalized spacial score (nSPS) is 13.0. The highest BCUT2D eigenvalue weighted by atomic mass is 35.5. The van der Waals surface area contributed by atoms with E-state index in [4.69, 9.17) is 22.6 Å². The number of nitriles is 1. The van der Waals surface area contributed by atoms with E-state index in [-0.39, 0.29) is 17.5 Å². The monoisotopic (exact) mass is 286 g/mol. The highest BCUT2D eigenvalue weighted by Gasteiger charge is 2.15. The van der Waals surface area contributed by atoms with Crippen molar-refractivity contribution in [3.63, 3.8) is 0 Å². The predicted molar refractivity (Wildman–Crippen MR) is 71.9 cm³/mol. The molecule has 0 aromatic heterocycles. The molecular formula is C12H15ClN2O2S. The summed E-state index contributed by atoms with van der Waals surface area (Å²) >= 11 is 5.94. The Labute approximate surface area is 112 Å². The zero-order valence-corrected chi connectivity index (χ0v) is 11.6. The van der Waals surface area contributed by atoms with Crippen molar-refractivity contribution in [2.45, 2.75) is 25.1 Å². The minimum Gasteiger partial charge on any atom is -0.328 e. The second-order valence-electron chi connectivity index (χ2n) is 4.28. The van der Waals surface area contributed by atoms with Crippen molar-refractivity contribution in [1.82, 2.24) is 0 Å². The molecule has 0 aliphatic carbocycles. The van der Waals surface area contributed by atoms with Crippen LogP contribution in [0, 0.1) is 11.3 Å². The number of rotatable bonds is 5. The van der Waals surface area contributed by atoms with Gasteiger partial charge in [0.15, 0.2) is 9.84 Å². The van der Waals surface area contributed by atoms with Crippen LogP contribution in [0.4, 0.5) is 0 Å². The molecule has 0 saturated heterocycles. The van der Waals surface area contributed by atoms with Crippen molar-refractivity contribution in [3.05, 3.63) is 34.3 Å². The molecule has 1 aromatic rings. The van der Waals surface area contributed by atoms with E-state index in [0.29, 0.717) is 22.6 Å². The van der Waals surface area contributed by atoms with Crippen molar-refractivity contribution < 1.29 is 8.42 Å². The molecule has 0 aliphatic rings. The highest BCUT2D eigenvalue weighted by Crippen LogP contribution is 2.20. The summed E-state index contributed by atoms with van der Waals surface area (Å²) in [7, 11) is -3.22. The minimum absolute atomic E-state index is 0.0427. The van der Waals surface area contributed by atoms with Crippen LogP contribution in [0.5, 0.6) is 0 Å². The Morgan fingerprint density at radius 3 is 2.67 bits per heavy atom. The van der Waals surface area contributed by atoms with Crippen molar-refractivity contribution in [1.29, 1.82) is 5.26 Å². The number of halogens is 1. The molecule has 0 saturated carbocycles. The van der Waals surface area contributed by atoms with E-state index in [1.165, 1.54) is 6.07 Å². The van der Waals surface area contributed by atoms with Gasteiger partial charge < -0.3 is 5.73 Å². The molecule has 1 atom stereocenters. The van der Waals surface area contributed by atoms with Crippen LogP contribution in [0.15, 0.2) is 18.2 Å². The zero-order chi connectivity index (χ0) is 13.8. The minimum atomic E-state index is -3.22. The van der Waals surface area contributed by atoms with Crippen molar-refractivity contribution in [3.8, 4) is 6.07 Å². The molecule has 0 heterocycles. The van der Waals surface area contributed by atoms with Crippen LogP contribution in [0.3, 0.4) is 0 Å². The summed E-state index contributed by atoms with van der Waals surface area (Å²) in [5.41, 5.74) is 6.46.